The summed E-state index contributed by atoms with van der Waals surface area (Å²) in [5.41, 5.74) is 6.11. The van der Waals surface area contributed by atoms with Crippen molar-refractivity contribution in [3.63, 3.8) is 0 Å². The number of carbonyl (C=O) groups excluding carboxylic acids is 5. The number of aryl methyl sites for hydroxylation is 1. The molecule has 5 heterocycles. The van der Waals surface area contributed by atoms with E-state index in [1.165, 1.54) is 27.4 Å². The van der Waals surface area contributed by atoms with Gasteiger partial charge in [-0.2, -0.15) is 0 Å². The van der Waals surface area contributed by atoms with Crippen molar-refractivity contribution in [2.24, 2.45) is 17.3 Å². The predicted molar refractivity (Wildman–Crippen MR) is 246 cm³/mol. The van der Waals surface area contributed by atoms with Crippen molar-refractivity contribution >= 4 is 52.3 Å². The van der Waals surface area contributed by atoms with E-state index in [1.54, 1.807) is 25.3 Å². The van der Waals surface area contributed by atoms with Gasteiger partial charge in [-0.1, -0.05) is 40.3 Å². The lowest BCUT2D eigenvalue weighted by Crippen LogP contribution is -2.57. The molecule has 0 spiro atoms. The zero-order chi connectivity index (χ0) is 46.3. The highest BCUT2D eigenvalue weighted by Crippen LogP contribution is 2.42. The van der Waals surface area contributed by atoms with Gasteiger partial charge in [-0.25, -0.2) is 10.0 Å². The molecule has 1 aromatic carbocycles. The summed E-state index contributed by atoms with van der Waals surface area (Å²) in [6.07, 6.45) is 5.54. The van der Waals surface area contributed by atoms with Crippen LogP contribution in [0.2, 0.25) is 0 Å². The van der Waals surface area contributed by atoms with Crippen LogP contribution in [-0.2, 0) is 57.7 Å². The molecule has 4 atom stereocenters. The van der Waals surface area contributed by atoms with Gasteiger partial charge in [0.15, 0.2) is 0 Å². The number of pyridine rings is 1. The number of hydrogen-bond acceptors (Lipinski definition) is 11. The number of likely N-dealkylation sites (N-methyl/N-ethyl adjacent to an activating group) is 1. The number of carbonyl (C=O) groups is 5. The van der Waals surface area contributed by atoms with Crippen molar-refractivity contribution in [3.8, 4) is 22.5 Å². The first kappa shape index (κ1) is 48.0. The highest BCUT2D eigenvalue weighted by atomic mass is 32.1. The fourth-order valence-electron chi connectivity index (χ4n) is 9.00. The molecule has 3 aromatic heterocycles. The number of benzene rings is 1. The van der Waals surface area contributed by atoms with Gasteiger partial charge in [-0.15, -0.1) is 11.3 Å². The normalized spacial score (nSPS) is 17.0. The van der Waals surface area contributed by atoms with Gasteiger partial charge in [0, 0.05) is 85.8 Å². The molecule has 0 saturated carbocycles. The molecule has 6 rings (SSSR count). The molecular formula is C48H63N7O8S. The number of aromatic nitrogens is 3. The smallest absolute Gasteiger partial charge is 0.293 e. The minimum absolute atomic E-state index is 0.106. The second kappa shape index (κ2) is 21.0. The van der Waals surface area contributed by atoms with E-state index >= 15 is 0 Å². The molecule has 4 aromatic rings. The number of rotatable bonds is 19. The maximum atomic E-state index is 14.3. The summed E-state index contributed by atoms with van der Waals surface area (Å²) in [6, 6.07) is 8.42. The van der Waals surface area contributed by atoms with Crippen molar-refractivity contribution in [3.05, 3.63) is 70.8 Å². The molecule has 16 heteroatoms. The van der Waals surface area contributed by atoms with Crippen molar-refractivity contribution in [2.45, 2.75) is 98.4 Å². The summed E-state index contributed by atoms with van der Waals surface area (Å²) in [7, 11) is 3.28. The van der Waals surface area contributed by atoms with Gasteiger partial charge in [-0.3, -0.25) is 33.8 Å². The fraction of sp³-hybridized carbons (Fsp3) is 0.521. The molecule has 4 amide bonds. The van der Waals surface area contributed by atoms with Crippen LogP contribution in [0.15, 0.2) is 54.6 Å². The quantitative estimate of drug-likeness (QED) is 0.0824. The molecule has 4 unspecified atom stereocenters. The molecule has 2 aliphatic heterocycles. The maximum absolute atomic E-state index is 14.3. The van der Waals surface area contributed by atoms with Crippen molar-refractivity contribution in [1.29, 1.82) is 0 Å². The number of likely N-dealkylation sites (tertiary alicyclic amines) is 1. The Labute approximate surface area is 380 Å². The Kier molecular flexibility index (Phi) is 15.8. The summed E-state index contributed by atoms with van der Waals surface area (Å²) in [5.74, 6) is -2.03. The third-order valence-electron chi connectivity index (χ3n) is 12.3. The van der Waals surface area contributed by atoms with E-state index in [-0.39, 0.29) is 49.3 Å². The SMILES string of the molecule is C=CC(=O)N1CCC(C(=O)N(C)C(C(=O)NC(Cc2nc(-c3ccc4c(c3)c(CC(C)(C)COC=O)c(-c3cccnc3C(C)OC)n4CC)cs2)C(=O)N2CCCCO2)C(C)C)C1. The summed E-state index contributed by atoms with van der Waals surface area (Å²) >= 11 is 1.40. The van der Waals surface area contributed by atoms with E-state index in [1.807, 2.05) is 38.3 Å². The molecule has 2 saturated heterocycles. The van der Waals surface area contributed by atoms with Crippen LogP contribution in [0.5, 0.6) is 0 Å². The van der Waals surface area contributed by atoms with E-state index < -0.39 is 29.3 Å². The molecule has 0 bridgehead atoms. The van der Waals surface area contributed by atoms with Crippen molar-refractivity contribution < 1.29 is 38.3 Å². The number of nitrogens with one attached hydrogen (secondary N) is 1. The Morgan fingerprint density at radius 3 is 2.59 bits per heavy atom. The summed E-state index contributed by atoms with van der Waals surface area (Å²) in [4.78, 5) is 84.4. The minimum Gasteiger partial charge on any atom is -0.467 e. The monoisotopic (exact) mass is 897 g/mol. The third kappa shape index (κ3) is 10.6. The highest BCUT2D eigenvalue weighted by Gasteiger charge is 2.39. The number of methoxy groups -OCH3 is 1. The van der Waals surface area contributed by atoms with Gasteiger partial charge < -0.3 is 29.2 Å². The second-order valence-electron chi connectivity index (χ2n) is 17.9. The van der Waals surface area contributed by atoms with Crippen LogP contribution in [0.4, 0.5) is 0 Å². The van der Waals surface area contributed by atoms with Crippen LogP contribution < -0.4 is 5.32 Å². The average Bonchev–Trinajstić information content (AvgIpc) is 4.05. The van der Waals surface area contributed by atoms with Crippen LogP contribution >= 0.6 is 11.3 Å². The van der Waals surface area contributed by atoms with E-state index in [0.717, 1.165) is 57.5 Å². The lowest BCUT2D eigenvalue weighted by Gasteiger charge is -2.34. The first-order valence-corrected chi connectivity index (χ1v) is 23.1. The first-order valence-electron chi connectivity index (χ1n) is 22.2. The molecule has 64 heavy (non-hydrogen) atoms. The molecular weight excluding hydrogens is 835 g/mol. The molecule has 344 valence electrons. The van der Waals surface area contributed by atoms with Gasteiger partial charge in [-0.05, 0) is 81.4 Å². The third-order valence-corrected chi connectivity index (χ3v) is 13.2. The van der Waals surface area contributed by atoms with Gasteiger partial charge in [0.25, 0.3) is 12.4 Å². The van der Waals surface area contributed by atoms with Crippen molar-refractivity contribution in [1.82, 2.24) is 34.7 Å². The van der Waals surface area contributed by atoms with Crippen LogP contribution in [0, 0.1) is 17.3 Å². The van der Waals surface area contributed by atoms with E-state index in [4.69, 9.17) is 24.3 Å². The van der Waals surface area contributed by atoms with E-state index in [9.17, 15) is 24.0 Å². The molecule has 2 fully saturated rings. The number of ether oxygens (including phenoxy) is 2. The Hall–Kier alpha value is -5.45. The maximum Gasteiger partial charge on any atom is 0.293 e. The lowest BCUT2D eigenvalue weighted by atomic mass is 9.84. The van der Waals surface area contributed by atoms with Gasteiger partial charge in [0.1, 0.15) is 12.1 Å². The molecule has 2 aliphatic rings. The van der Waals surface area contributed by atoms with Crippen molar-refractivity contribution in [2.75, 3.05) is 47.0 Å². The van der Waals surface area contributed by atoms with Gasteiger partial charge in [0.05, 0.1) is 47.3 Å². The number of thiazole rings is 1. The number of hydrogen-bond donors (Lipinski definition) is 1. The number of fused-ring (bicyclic) bond motifs is 1. The Bertz CT molecular complexity index is 2330. The topological polar surface area (TPSA) is 166 Å². The zero-order valence-corrected chi connectivity index (χ0v) is 39.2. The van der Waals surface area contributed by atoms with Gasteiger partial charge in [0.2, 0.25) is 17.7 Å². The van der Waals surface area contributed by atoms with E-state index in [2.05, 4.69) is 55.4 Å². The van der Waals surface area contributed by atoms with Crippen LogP contribution in [0.25, 0.3) is 33.4 Å². The lowest BCUT2D eigenvalue weighted by molar-refractivity contribution is -0.199. The molecule has 15 nitrogen and oxygen atoms in total. The summed E-state index contributed by atoms with van der Waals surface area (Å²) in [5, 5.41) is 7.97. The second-order valence-corrected chi connectivity index (χ2v) is 18.8. The average molecular weight is 898 g/mol. The summed E-state index contributed by atoms with van der Waals surface area (Å²) < 4.78 is 13.4. The Morgan fingerprint density at radius 2 is 1.92 bits per heavy atom. The van der Waals surface area contributed by atoms with E-state index in [0.29, 0.717) is 50.6 Å². The zero-order valence-electron chi connectivity index (χ0n) is 38.4. The predicted octanol–water partition coefficient (Wildman–Crippen LogP) is 6.39. The standard InChI is InChI=1S/C48H63N7O8S/c1-10-41(57)53-21-18-33(26-53)46(59)52(8)43(30(3)4)45(58)51-37(47(60)55-20-12-13-22-63-55)24-40-50-38(27-64-40)32-16-17-39-35(23-32)36(25-48(6,7)28-62-29-56)44(54(39)11-2)34-15-14-19-49-42(34)31(5)61-9/h10,14-17,19,23,27,29-31,33,37,43H,1,11-13,18,20-22,24-26,28H2,2-9H3,(H,51,58). The molecule has 1 N–H and O–H groups in total. The number of amides is 4. The highest BCUT2D eigenvalue weighted by molar-refractivity contribution is 7.10. The molecule has 0 radical (unpaired) electrons. The van der Waals surface area contributed by atoms with Gasteiger partial charge >= 0.3 is 0 Å². The minimum atomic E-state index is -1.02. The fourth-order valence-corrected chi connectivity index (χ4v) is 9.85. The molecule has 0 aliphatic carbocycles. The van der Waals surface area contributed by atoms with Crippen LogP contribution in [0.1, 0.15) is 83.2 Å². The first-order chi connectivity index (χ1) is 30.6. The Balaban J connectivity index is 1.33. The number of nitrogens with zero attached hydrogens (tertiary/aromatic N) is 6. The van der Waals surface area contributed by atoms with Crippen LogP contribution in [0.3, 0.4) is 0 Å². The number of hydroxylamine groups is 2. The largest absolute Gasteiger partial charge is 0.467 e. The summed E-state index contributed by atoms with van der Waals surface area (Å²) in [6.45, 7) is 18.4. The Morgan fingerprint density at radius 1 is 1.14 bits per heavy atom. The van der Waals surface area contributed by atoms with Crippen LogP contribution in [-0.4, -0.2) is 119 Å².